The highest BCUT2D eigenvalue weighted by Crippen LogP contribution is 2.11. The topological polar surface area (TPSA) is 144 Å². The summed E-state index contributed by atoms with van der Waals surface area (Å²) in [5.41, 5.74) is 16.1. The van der Waals surface area contributed by atoms with Gasteiger partial charge < -0.3 is 0 Å². The Hall–Kier alpha value is -2.24. The summed E-state index contributed by atoms with van der Waals surface area (Å²) in [6.07, 6.45) is 0. The van der Waals surface area contributed by atoms with Gasteiger partial charge in [-0.15, -0.1) is 0 Å². The molecule has 1 aliphatic heterocycles. The molecule has 0 radical (unpaired) electrons. The van der Waals surface area contributed by atoms with E-state index in [1.165, 1.54) is 0 Å². The quantitative estimate of drug-likeness (QED) is 0.276. The van der Waals surface area contributed by atoms with Gasteiger partial charge in [0.1, 0.15) is 12.1 Å². The number of amides is 2. The van der Waals surface area contributed by atoms with Crippen molar-refractivity contribution in [1.29, 1.82) is 0 Å². The van der Waals surface area contributed by atoms with Crippen molar-refractivity contribution in [1.82, 2.24) is 5.32 Å². The second-order valence-electron chi connectivity index (χ2n) is 2.15. The number of rotatable bonds is 2. The van der Waals surface area contributed by atoms with Crippen LogP contribution in [-0.4, -0.2) is 23.9 Å². The third-order valence-electron chi connectivity index (χ3n) is 1.43. The number of nitrogens with one attached hydrogen (secondary N) is 1. The van der Waals surface area contributed by atoms with E-state index in [0.717, 1.165) is 0 Å². The van der Waals surface area contributed by atoms with Crippen molar-refractivity contribution >= 4 is 11.8 Å². The third kappa shape index (κ3) is 1.51. The van der Waals surface area contributed by atoms with Crippen LogP contribution >= 0.6 is 0 Å². The molecule has 1 N–H and O–H groups in total. The van der Waals surface area contributed by atoms with Crippen LogP contribution in [0.2, 0.25) is 0 Å². The van der Waals surface area contributed by atoms with Crippen LogP contribution in [0.25, 0.3) is 20.9 Å². The van der Waals surface area contributed by atoms with E-state index in [9.17, 15) is 9.59 Å². The highest BCUT2D eigenvalue weighted by atomic mass is 16.2. The number of nitrogens with zero attached hydrogens (tertiary/aromatic N) is 6. The van der Waals surface area contributed by atoms with Crippen LogP contribution in [-0.2, 0) is 9.59 Å². The molecule has 1 rings (SSSR count). The second-order valence-corrected chi connectivity index (χ2v) is 2.15. The molecule has 1 heterocycles. The van der Waals surface area contributed by atoms with Crippen LogP contribution < -0.4 is 5.32 Å². The van der Waals surface area contributed by atoms with Gasteiger partial charge in [0, 0.05) is 9.82 Å². The zero-order valence-electron chi connectivity index (χ0n) is 6.15. The third-order valence-corrected chi connectivity index (χ3v) is 1.43. The first kappa shape index (κ1) is 8.85. The largest absolute Gasteiger partial charge is 0.296 e. The molecular weight excluding hydrogens is 178 g/mol. The molecule has 0 aromatic rings. The highest BCUT2D eigenvalue weighted by Gasteiger charge is 2.40. The van der Waals surface area contributed by atoms with E-state index in [1.807, 2.05) is 5.32 Å². The van der Waals surface area contributed by atoms with E-state index in [0.29, 0.717) is 0 Å². The van der Waals surface area contributed by atoms with Crippen molar-refractivity contribution in [2.75, 3.05) is 0 Å². The molecule has 13 heavy (non-hydrogen) atoms. The maximum Gasteiger partial charge on any atom is 0.236 e. The molecule has 1 aliphatic rings. The lowest BCUT2D eigenvalue weighted by Crippen LogP contribution is -2.24. The highest BCUT2D eigenvalue weighted by molar-refractivity contribution is 6.09. The fourth-order valence-corrected chi connectivity index (χ4v) is 0.899. The fourth-order valence-electron chi connectivity index (χ4n) is 0.899. The predicted molar refractivity (Wildman–Crippen MR) is 39.0 cm³/mol. The van der Waals surface area contributed by atoms with Crippen LogP contribution in [0.1, 0.15) is 0 Å². The Balaban J connectivity index is 3.02. The molecule has 0 aromatic heterocycles. The summed E-state index contributed by atoms with van der Waals surface area (Å²) < 4.78 is 0. The van der Waals surface area contributed by atoms with E-state index in [1.54, 1.807) is 0 Å². The molecule has 1 saturated heterocycles. The van der Waals surface area contributed by atoms with E-state index >= 15 is 0 Å². The first-order valence-corrected chi connectivity index (χ1v) is 3.14. The molecular formula is C4H3N7O2. The van der Waals surface area contributed by atoms with Crippen molar-refractivity contribution in [3.8, 4) is 0 Å². The molecule has 1 fully saturated rings. The number of carbonyl (C=O) groups excluding carboxylic acids is 2. The molecule has 9 nitrogen and oxygen atoms in total. The van der Waals surface area contributed by atoms with E-state index < -0.39 is 23.9 Å². The van der Waals surface area contributed by atoms with Crippen LogP contribution in [0.3, 0.4) is 0 Å². The van der Waals surface area contributed by atoms with E-state index in [2.05, 4.69) is 20.1 Å². The van der Waals surface area contributed by atoms with Gasteiger partial charge in [-0.3, -0.25) is 14.9 Å². The minimum Gasteiger partial charge on any atom is -0.296 e. The minimum atomic E-state index is -1.27. The summed E-state index contributed by atoms with van der Waals surface area (Å²) in [7, 11) is 0. The van der Waals surface area contributed by atoms with Crippen LogP contribution in [0.5, 0.6) is 0 Å². The predicted octanol–water partition coefficient (Wildman–Crippen LogP) is 0.000600. The minimum absolute atomic E-state index is 0.750. The lowest BCUT2D eigenvalue weighted by Gasteiger charge is -1.99. The summed E-state index contributed by atoms with van der Waals surface area (Å²) in [4.78, 5) is 26.5. The van der Waals surface area contributed by atoms with Crippen molar-refractivity contribution in [2.24, 2.45) is 10.2 Å². The summed E-state index contributed by atoms with van der Waals surface area (Å²) >= 11 is 0. The van der Waals surface area contributed by atoms with Gasteiger partial charge in [0.2, 0.25) is 11.8 Å². The molecule has 2 atom stereocenters. The summed E-state index contributed by atoms with van der Waals surface area (Å²) in [5, 5.41) is 7.95. The maximum atomic E-state index is 10.9. The Morgan fingerprint density at radius 2 is 1.46 bits per heavy atom. The molecule has 0 aromatic carbocycles. The number of hydrogen-bond acceptors (Lipinski definition) is 4. The number of hydrogen-bond donors (Lipinski definition) is 1. The zero-order chi connectivity index (χ0) is 9.84. The second kappa shape index (κ2) is 3.44. The zero-order valence-corrected chi connectivity index (χ0v) is 6.15. The van der Waals surface area contributed by atoms with Gasteiger partial charge in [-0.05, 0) is 11.1 Å². The number of imide groups is 1. The average Bonchev–Trinajstić information content (AvgIpc) is 2.33. The first-order valence-electron chi connectivity index (χ1n) is 3.14. The monoisotopic (exact) mass is 181 g/mol. The molecule has 0 saturated carbocycles. The smallest absolute Gasteiger partial charge is 0.236 e. The van der Waals surface area contributed by atoms with Crippen LogP contribution in [0.4, 0.5) is 0 Å². The van der Waals surface area contributed by atoms with Gasteiger partial charge in [-0.25, -0.2) is 0 Å². The molecule has 9 heteroatoms. The molecule has 66 valence electrons. The van der Waals surface area contributed by atoms with Gasteiger partial charge in [0.05, 0.1) is 0 Å². The lowest BCUT2D eigenvalue weighted by molar-refractivity contribution is -0.125. The first-order chi connectivity index (χ1) is 6.20. The standard InChI is InChI=1S/C4H3N7O2/c5-10-8-1-2(9-11-6)4(13)7-3(1)12/h1-2H,(H,7,12,13). The Morgan fingerprint density at radius 3 is 1.77 bits per heavy atom. The molecule has 0 aliphatic carbocycles. The van der Waals surface area contributed by atoms with Gasteiger partial charge in [-0.2, -0.15) is 0 Å². The lowest BCUT2D eigenvalue weighted by atomic mass is 10.2. The molecule has 0 bridgehead atoms. The van der Waals surface area contributed by atoms with Crippen LogP contribution in [0.15, 0.2) is 10.2 Å². The Morgan fingerprint density at radius 1 is 1.08 bits per heavy atom. The SMILES string of the molecule is [N-]=[N+]=NC1C(=O)NC(=O)C1N=[N+]=[N-]. The molecule has 2 unspecified atom stereocenters. The Kier molecular flexibility index (Phi) is 2.34. The summed E-state index contributed by atoms with van der Waals surface area (Å²) in [5.74, 6) is -1.50. The Labute approximate surface area is 71.0 Å². The van der Waals surface area contributed by atoms with Gasteiger partial charge in [-0.1, -0.05) is 10.2 Å². The Bertz CT molecular complexity index is 316. The van der Waals surface area contributed by atoms with E-state index in [-0.39, 0.29) is 0 Å². The van der Waals surface area contributed by atoms with Gasteiger partial charge in [0.15, 0.2) is 0 Å². The van der Waals surface area contributed by atoms with Gasteiger partial charge >= 0.3 is 0 Å². The summed E-state index contributed by atoms with van der Waals surface area (Å²) in [6, 6.07) is -2.54. The van der Waals surface area contributed by atoms with Crippen molar-refractivity contribution in [2.45, 2.75) is 12.1 Å². The van der Waals surface area contributed by atoms with E-state index in [4.69, 9.17) is 11.1 Å². The van der Waals surface area contributed by atoms with Crippen molar-refractivity contribution in [3.63, 3.8) is 0 Å². The van der Waals surface area contributed by atoms with Crippen molar-refractivity contribution in [3.05, 3.63) is 20.9 Å². The molecule has 2 amide bonds. The average molecular weight is 181 g/mol. The normalized spacial score (nSPS) is 25.8. The van der Waals surface area contributed by atoms with Gasteiger partial charge in [0.25, 0.3) is 0 Å². The number of carbonyl (C=O) groups is 2. The fraction of sp³-hybridized carbons (Fsp3) is 0.500. The van der Waals surface area contributed by atoms with Crippen LogP contribution in [0, 0.1) is 0 Å². The molecule has 0 spiro atoms. The van der Waals surface area contributed by atoms with Crippen molar-refractivity contribution < 1.29 is 9.59 Å². The maximum absolute atomic E-state index is 10.9. The number of azide groups is 2. The summed E-state index contributed by atoms with van der Waals surface area (Å²) in [6.45, 7) is 0.